The molecule has 3 rings (SSSR count). The van der Waals surface area contributed by atoms with Crippen LogP contribution < -0.4 is 5.32 Å². The maximum Gasteiger partial charge on any atom is 0.325 e. The van der Waals surface area contributed by atoms with Crippen LogP contribution in [-0.2, 0) is 16.9 Å². The SMILES string of the molecule is Cc1cc(CN2C(=O)N[C@@](C)(c3ccc(Cl)s3)C2=O)no1. The van der Waals surface area contributed by atoms with Crippen molar-refractivity contribution in [2.24, 2.45) is 0 Å². The van der Waals surface area contributed by atoms with E-state index >= 15 is 0 Å². The van der Waals surface area contributed by atoms with Gasteiger partial charge in [-0.1, -0.05) is 16.8 Å². The van der Waals surface area contributed by atoms with E-state index in [-0.39, 0.29) is 12.5 Å². The third kappa shape index (κ3) is 2.32. The highest BCUT2D eigenvalue weighted by Crippen LogP contribution is 2.35. The number of halogens is 1. The van der Waals surface area contributed by atoms with Gasteiger partial charge in [-0.2, -0.15) is 0 Å². The summed E-state index contributed by atoms with van der Waals surface area (Å²) in [6.45, 7) is 3.50. The number of urea groups is 1. The van der Waals surface area contributed by atoms with Crippen molar-refractivity contribution < 1.29 is 14.1 Å². The molecule has 0 radical (unpaired) electrons. The molecule has 2 aromatic heterocycles. The summed E-state index contributed by atoms with van der Waals surface area (Å²) in [5.41, 5.74) is -0.558. The second-order valence-electron chi connectivity index (χ2n) is 4.98. The second-order valence-corrected chi connectivity index (χ2v) is 6.69. The number of aryl methyl sites for hydroxylation is 1. The summed E-state index contributed by atoms with van der Waals surface area (Å²) < 4.78 is 5.52. The molecule has 0 spiro atoms. The number of carbonyl (C=O) groups excluding carboxylic acids is 2. The minimum atomic E-state index is -1.09. The Labute approximate surface area is 129 Å². The van der Waals surface area contributed by atoms with Gasteiger partial charge in [0.05, 0.1) is 10.9 Å². The Bertz CT molecular complexity index is 726. The topological polar surface area (TPSA) is 75.4 Å². The fourth-order valence-electron chi connectivity index (χ4n) is 2.25. The summed E-state index contributed by atoms with van der Waals surface area (Å²) in [7, 11) is 0. The lowest BCUT2D eigenvalue weighted by Crippen LogP contribution is -2.40. The molecule has 6 nitrogen and oxygen atoms in total. The van der Waals surface area contributed by atoms with Crippen molar-refractivity contribution in [3.8, 4) is 0 Å². The van der Waals surface area contributed by atoms with Crippen LogP contribution in [0.3, 0.4) is 0 Å². The molecule has 1 aliphatic heterocycles. The largest absolute Gasteiger partial charge is 0.361 e. The molecule has 3 amide bonds. The van der Waals surface area contributed by atoms with Crippen LogP contribution in [0.2, 0.25) is 4.34 Å². The van der Waals surface area contributed by atoms with Gasteiger partial charge >= 0.3 is 6.03 Å². The Balaban J connectivity index is 1.88. The van der Waals surface area contributed by atoms with E-state index < -0.39 is 11.6 Å². The third-order valence-corrected chi connectivity index (χ3v) is 4.79. The summed E-state index contributed by atoms with van der Waals surface area (Å²) >= 11 is 7.18. The van der Waals surface area contributed by atoms with Crippen molar-refractivity contribution >= 4 is 34.9 Å². The Kier molecular flexibility index (Phi) is 3.26. The molecule has 0 unspecified atom stereocenters. The highest BCUT2D eigenvalue weighted by atomic mass is 35.5. The molecular formula is C13H12ClN3O3S. The minimum absolute atomic E-state index is 0.0801. The predicted molar refractivity (Wildman–Crippen MR) is 77.0 cm³/mol. The lowest BCUT2D eigenvalue weighted by Gasteiger charge is -2.19. The highest BCUT2D eigenvalue weighted by Gasteiger charge is 2.50. The van der Waals surface area contributed by atoms with Gasteiger partial charge in [0.25, 0.3) is 5.91 Å². The van der Waals surface area contributed by atoms with Crippen molar-refractivity contribution in [1.29, 1.82) is 0 Å². The van der Waals surface area contributed by atoms with Gasteiger partial charge in [0, 0.05) is 10.9 Å². The zero-order valence-corrected chi connectivity index (χ0v) is 12.9. The molecule has 0 aromatic carbocycles. The number of nitrogens with one attached hydrogen (secondary N) is 1. The second kappa shape index (κ2) is 4.85. The van der Waals surface area contributed by atoms with Crippen molar-refractivity contribution in [3.63, 3.8) is 0 Å². The number of hydrogen-bond acceptors (Lipinski definition) is 5. The van der Waals surface area contributed by atoms with Crippen LogP contribution in [0.15, 0.2) is 22.7 Å². The number of carbonyl (C=O) groups is 2. The molecule has 1 atom stereocenters. The highest BCUT2D eigenvalue weighted by molar-refractivity contribution is 7.16. The van der Waals surface area contributed by atoms with Crippen LogP contribution in [0.5, 0.6) is 0 Å². The summed E-state index contributed by atoms with van der Waals surface area (Å²) in [5.74, 6) is 0.302. The molecule has 1 aliphatic rings. The zero-order valence-electron chi connectivity index (χ0n) is 11.3. The maximum atomic E-state index is 12.6. The Hall–Kier alpha value is -1.86. The molecule has 8 heteroatoms. The summed E-state index contributed by atoms with van der Waals surface area (Å²) in [6, 6.07) is 4.69. The lowest BCUT2D eigenvalue weighted by molar-refractivity contribution is -0.131. The molecule has 3 heterocycles. The molecule has 0 aliphatic carbocycles. The van der Waals surface area contributed by atoms with E-state index in [0.29, 0.717) is 20.7 Å². The minimum Gasteiger partial charge on any atom is -0.361 e. The van der Waals surface area contributed by atoms with Gasteiger partial charge in [0.1, 0.15) is 11.5 Å². The summed E-state index contributed by atoms with van der Waals surface area (Å²) in [4.78, 5) is 26.5. The van der Waals surface area contributed by atoms with Crippen LogP contribution in [-0.4, -0.2) is 22.0 Å². The molecule has 1 fully saturated rings. The molecule has 1 saturated heterocycles. The van der Waals surface area contributed by atoms with E-state index in [1.54, 1.807) is 32.0 Å². The fraction of sp³-hybridized carbons (Fsp3) is 0.308. The molecule has 2 aromatic rings. The number of aromatic nitrogens is 1. The number of thiophene rings is 1. The average Bonchev–Trinajstić information content (AvgIpc) is 3.08. The van der Waals surface area contributed by atoms with Crippen LogP contribution >= 0.6 is 22.9 Å². The first kappa shape index (κ1) is 14.1. The first-order chi connectivity index (χ1) is 9.90. The van der Waals surface area contributed by atoms with E-state index in [1.165, 1.54) is 11.3 Å². The quantitative estimate of drug-likeness (QED) is 0.880. The van der Waals surface area contributed by atoms with Gasteiger partial charge in [-0.15, -0.1) is 11.3 Å². The van der Waals surface area contributed by atoms with E-state index in [9.17, 15) is 9.59 Å². The Morgan fingerprint density at radius 1 is 1.48 bits per heavy atom. The first-order valence-corrected chi connectivity index (χ1v) is 7.42. The van der Waals surface area contributed by atoms with E-state index in [2.05, 4.69) is 10.5 Å². The Morgan fingerprint density at radius 2 is 2.24 bits per heavy atom. The van der Waals surface area contributed by atoms with Gasteiger partial charge in [-0.05, 0) is 26.0 Å². The fourth-order valence-corrected chi connectivity index (χ4v) is 3.38. The van der Waals surface area contributed by atoms with Gasteiger partial charge in [-0.3, -0.25) is 9.69 Å². The average molecular weight is 326 g/mol. The molecule has 21 heavy (non-hydrogen) atoms. The predicted octanol–water partition coefficient (Wildman–Crippen LogP) is 2.67. The van der Waals surface area contributed by atoms with Crippen LogP contribution in [0.25, 0.3) is 0 Å². The zero-order chi connectivity index (χ0) is 15.2. The van der Waals surface area contributed by atoms with E-state index in [0.717, 1.165) is 4.90 Å². The van der Waals surface area contributed by atoms with Crippen molar-refractivity contribution in [1.82, 2.24) is 15.4 Å². The van der Waals surface area contributed by atoms with Crippen molar-refractivity contribution in [3.05, 3.63) is 38.9 Å². The number of rotatable bonds is 3. The normalized spacial score (nSPS) is 22.0. The van der Waals surface area contributed by atoms with E-state index in [1.807, 2.05) is 0 Å². The molecular weight excluding hydrogens is 314 g/mol. The number of hydrogen-bond donors (Lipinski definition) is 1. The van der Waals surface area contributed by atoms with Crippen molar-refractivity contribution in [2.45, 2.75) is 25.9 Å². The van der Waals surface area contributed by atoms with Crippen LogP contribution in [0.1, 0.15) is 23.3 Å². The van der Waals surface area contributed by atoms with E-state index in [4.69, 9.17) is 16.1 Å². The first-order valence-electron chi connectivity index (χ1n) is 6.22. The monoisotopic (exact) mass is 325 g/mol. The van der Waals surface area contributed by atoms with Gasteiger partial charge in [0.2, 0.25) is 0 Å². The Morgan fingerprint density at radius 3 is 2.81 bits per heavy atom. The molecule has 110 valence electrons. The van der Waals surface area contributed by atoms with Crippen molar-refractivity contribution in [2.75, 3.05) is 0 Å². The summed E-state index contributed by atoms with van der Waals surface area (Å²) in [6.07, 6.45) is 0. The van der Waals surface area contributed by atoms with Gasteiger partial charge in [-0.25, -0.2) is 4.79 Å². The molecule has 0 bridgehead atoms. The van der Waals surface area contributed by atoms with Gasteiger partial charge in [0.15, 0.2) is 5.54 Å². The molecule has 0 saturated carbocycles. The standard InChI is InChI=1S/C13H12ClN3O3S/c1-7-5-8(16-20-7)6-17-11(18)13(2,15-12(17)19)9-3-4-10(14)21-9/h3-5H,6H2,1-2H3,(H,15,19)/t13-/m0/s1. The third-order valence-electron chi connectivity index (χ3n) is 3.34. The van der Waals surface area contributed by atoms with Crippen LogP contribution in [0.4, 0.5) is 4.79 Å². The maximum absolute atomic E-state index is 12.6. The number of nitrogens with zero attached hydrogens (tertiary/aromatic N) is 2. The summed E-state index contributed by atoms with van der Waals surface area (Å²) in [5, 5.41) is 6.52. The smallest absolute Gasteiger partial charge is 0.325 e. The lowest BCUT2D eigenvalue weighted by atomic mass is 10.0. The number of amides is 3. The van der Waals surface area contributed by atoms with Crippen LogP contribution in [0, 0.1) is 6.92 Å². The number of imide groups is 1. The van der Waals surface area contributed by atoms with Gasteiger partial charge < -0.3 is 9.84 Å². The molecule has 1 N–H and O–H groups in total.